The molecule has 0 aliphatic carbocycles. The van der Waals surface area contributed by atoms with Crippen molar-refractivity contribution in [1.82, 2.24) is 4.72 Å². The van der Waals surface area contributed by atoms with Crippen LogP contribution in [0.3, 0.4) is 0 Å². The zero-order valence-electron chi connectivity index (χ0n) is 10.9. The van der Waals surface area contributed by atoms with Crippen molar-refractivity contribution in [3.05, 3.63) is 0 Å². The number of carbonyl (C=O) groups excluding carboxylic acids is 1. The minimum atomic E-state index is -3.53. The summed E-state index contributed by atoms with van der Waals surface area (Å²) in [4.78, 5) is 11.1. The molecule has 0 aliphatic rings. The van der Waals surface area contributed by atoms with Crippen LogP contribution in [0.25, 0.3) is 0 Å². The predicted molar refractivity (Wildman–Crippen MR) is 72.0 cm³/mol. The summed E-state index contributed by atoms with van der Waals surface area (Å²) < 4.78 is 30.4. The smallest absolute Gasteiger partial charge is 0.306 e. The molecule has 0 rings (SSSR count). The van der Waals surface area contributed by atoms with Crippen LogP contribution in [-0.4, -0.2) is 56.0 Å². The maximum Gasteiger partial charge on any atom is 0.306 e. The Balaban J connectivity index is 4.26. The molecule has 6 nitrogen and oxygen atoms in total. The Kier molecular flexibility index (Phi) is 8.58. The van der Waals surface area contributed by atoms with E-state index in [1.807, 2.05) is 0 Å². The molecule has 0 saturated carbocycles. The van der Waals surface area contributed by atoms with E-state index in [0.717, 1.165) is 0 Å². The Morgan fingerprint density at radius 3 is 2.56 bits per heavy atom. The second kappa shape index (κ2) is 8.73. The number of ether oxygens (including phenoxy) is 1. The van der Waals surface area contributed by atoms with Crippen LogP contribution < -0.4 is 4.72 Å². The van der Waals surface area contributed by atoms with Crippen molar-refractivity contribution in [3.8, 4) is 0 Å². The van der Waals surface area contributed by atoms with Gasteiger partial charge in [-0.05, 0) is 20.1 Å². The van der Waals surface area contributed by atoms with E-state index in [0.29, 0.717) is 0 Å². The lowest BCUT2D eigenvalue weighted by Crippen LogP contribution is -2.42. The second-order valence-corrected chi connectivity index (χ2v) is 6.69. The number of aliphatic hydroxyl groups excluding tert-OH is 1. The molecule has 0 aliphatic heterocycles. The van der Waals surface area contributed by atoms with Gasteiger partial charge in [0.2, 0.25) is 10.0 Å². The van der Waals surface area contributed by atoms with E-state index in [2.05, 4.69) is 9.46 Å². The first-order valence-corrected chi connectivity index (χ1v) is 8.59. The Labute approximate surface area is 113 Å². The third kappa shape index (κ3) is 7.20. The Morgan fingerprint density at radius 2 is 2.11 bits per heavy atom. The highest BCUT2D eigenvalue weighted by molar-refractivity contribution is 7.99. The number of aliphatic hydroxyl groups is 1. The third-order valence-electron chi connectivity index (χ3n) is 2.29. The van der Waals surface area contributed by atoms with Gasteiger partial charge in [-0.2, -0.15) is 11.8 Å². The molecule has 8 heteroatoms. The number of sulfonamides is 1. The van der Waals surface area contributed by atoms with Gasteiger partial charge in [-0.3, -0.25) is 4.79 Å². The molecular formula is C10H21NO5S2. The molecule has 0 spiro atoms. The average Bonchev–Trinajstić information content (AvgIpc) is 2.28. The van der Waals surface area contributed by atoms with E-state index < -0.39 is 22.0 Å². The van der Waals surface area contributed by atoms with Crippen LogP contribution >= 0.6 is 11.8 Å². The van der Waals surface area contributed by atoms with Gasteiger partial charge in [-0.1, -0.05) is 0 Å². The molecule has 0 saturated heterocycles. The van der Waals surface area contributed by atoms with Gasteiger partial charge in [-0.25, -0.2) is 13.1 Å². The lowest BCUT2D eigenvalue weighted by atomic mass is 10.3. The predicted octanol–water partition coefficient (Wildman–Crippen LogP) is -0.0286. The number of hydrogen-bond donors (Lipinski definition) is 2. The Morgan fingerprint density at radius 1 is 1.50 bits per heavy atom. The first kappa shape index (κ1) is 17.7. The fraction of sp³-hybridized carbons (Fsp3) is 0.900. The molecule has 108 valence electrons. The molecule has 18 heavy (non-hydrogen) atoms. The van der Waals surface area contributed by atoms with Crippen LogP contribution in [0, 0.1) is 0 Å². The van der Waals surface area contributed by atoms with Crippen molar-refractivity contribution < 1.29 is 23.1 Å². The first-order chi connectivity index (χ1) is 8.36. The summed E-state index contributed by atoms with van der Waals surface area (Å²) in [6.07, 6.45) is 1.63. The average molecular weight is 299 g/mol. The monoisotopic (exact) mass is 299 g/mol. The second-order valence-electron chi connectivity index (χ2n) is 3.74. The number of hydrogen-bond acceptors (Lipinski definition) is 6. The van der Waals surface area contributed by atoms with Crippen LogP contribution in [0.5, 0.6) is 0 Å². The number of carbonyl (C=O) groups is 1. The van der Waals surface area contributed by atoms with Crippen molar-refractivity contribution in [2.75, 3.05) is 25.2 Å². The molecule has 0 aromatic heterocycles. The van der Waals surface area contributed by atoms with Gasteiger partial charge in [0.25, 0.3) is 0 Å². The largest absolute Gasteiger partial charge is 0.466 e. The highest BCUT2D eigenvalue weighted by Crippen LogP contribution is 2.11. The van der Waals surface area contributed by atoms with Gasteiger partial charge in [0.15, 0.2) is 0 Å². The van der Waals surface area contributed by atoms with Gasteiger partial charge < -0.3 is 9.84 Å². The molecule has 0 aromatic carbocycles. The highest BCUT2D eigenvalue weighted by Gasteiger charge is 2.22. The van der Waals surface area contributed by atoms with Crippen LogP contribution in [-0.2, 0) is 19.6 Å². The molecule has 2 unspecified atom stereocenters. The standard InChI is InChI=1S/C10H21NO5S2/c1-4-16-10(13)5-6-18(14,15)11-8(2)9(7-12)17-3/h8-9,11-12H,4-7H2,1-3H3. The summed E-state index contributed by atoms with van der Waals surface area (Å²) in [5.41, 5.74) is 0. The summed E-state index contributed by atoms with van der Waals surface area (Å²) in [5, 5.41) is 8.85. The van der Waals surface area contributed by atoms with E-state index >= 15 is 0 Å². The normalized spacial score (nSPS) is 15.1. The number of thioether (sulfide) groups is 1. The summed E-state index contributed by atoms with van der Waals surface area (Å²) in [6, 6.07) is -0.391. The molecule has 0 fully saturated rings. The number of nitrogens with one attached hydrogen (secondary N) is 1. The number of rotatable bonds is 9. The van der Waals surface area contributed by atoms with Gasteiger partial charge >= 0.3 is 5.97 Å². The summed E-state index contributed by atoms with van der Waals surface area (Å²) in [7, 11) is -3.53. The van der Waals surface area contributed by atoms with Crippen molar-refractivity contribution in [2.45, 2.75) is 31.6 Å². The topological polar surface area (TPSA) is 92.7 Å². The summed E-state index contributed by atoms with van der Waals surface area (Å²) in [6.45, 7) is 3.47. The number of esters is 1. The van der Waals surface area contributed by atoms with E-state index in [4.69, 9.17) is 5.11 Å². The van der Waals surface area contributed by atoms with Crippen LogP contribution in [0.1, 0.15) is 20.3 Å². The van der Waals surface area contributed by atoms with Gasteiger partial charge in [0, 0.05) is 11.3 Å². The zero-order chi connectivity index (χ0) is 14.2. The SMILES string of the molecule is CCOC(=O)CCS(=O)(=O)NC(C)C(CO)SC. The van der Waals surface area contributed by atoms with Crippen molar-refractivity contribution in [3.63, 3.8) is 0 Å². The minimum Gasteiger partial charge on any atom is -0.466 e. The fourth-order valence-corrected chi connectivity index (χ4v) is 3.30. The van der Waals surface area contributed by atoms with Gasteiger partial charge in [-0.15, -0.1) is 0 Å². The molecular weight excluding hydrogens is 278 g/mol. The van der Waals surface area contributed by atoms with Gasteiger partial charge in [0.1, 0.15) is 0 Å². The third-order valence-corrected chi connectivity index (χ3v) is 4.92. The maximum absolute atomic E-state index is 11.7. The lowest BCUT2D eigenvalue weighted by molar-refractivity contribution is -0.142. The molecule has 2 N–H and O–H groups in total. The van der Waals surface area contributed by atoms with Crippen LogP contribution in [0.2, 0.25) is 0 Å². The molecule has 2 atom stereocenters. The van der Waals surface area contributed by atoms with E-state index in [1.54, 1.807) is 20.1 Å². The molecule has 0 bridgehead atoms. The van der Waals surface area contributed by atoms with E-state index in [-0.39, 0.29) is 30.6 Å². The van der Waals surface area contributed by atoms with Crippen molar-refractivity contribution in [1.29, 1.82) is 0 Å². The summed E-state index contributed by atoms with van der Waals surface area (Å²) >= 11 is 1.38. The summed E-state index contributed by atoms with van der Waals surface area (Å²) in [5.74, 6) is -0.831. The molecule has 0 aromatic rings. The quantitative estimate of drug-likeness (QED) is 0.581. The van der Waals surface area contributed by atoms with Crippen molar-refractivity contribution >= 4 is 27.8 Å². The fourth-order valence-electron chi connectivity index (χ4n) is 1.31. The van der Waals surface area contributed by atoms with Crippen molar-refractivity contribution in [2.24, 2.45) is 0 Å². The lowest BCUT2D eigenvalue weighted by Gasteiger charge is -2.21. The van der Waals surface area contributed by atoms with E-state index in [1.165, 1.54) is 11.8 Å². The van der Waals surface area contributed by atoms with Crippen LogP contribution in [0.15, 0.2) is 0 Å². The Bertz CT molecular complexity index is 340. The first-order valence-electron chi connectivity index (χ1n) is 5.65. The van der Waals surface area contributed by atoms with Gasteiger partial charge in [0.05, 0.1) is 25.4 Å². The molecule has 0 radical (unpaired) electrons. The van der Waals surface area contributed by atoms with Crippen LogP contribution in [0.4, 0.5) is 0 Å². The van der Waals surface area contributed by atoms with E-state index in [9.17, 15) is 13.2 Å². The zero-order valence-corrected chi connectivity index (χ0v) is 12.5. The highest BCUT2D eigenvalue weighted by atomic mass is 32.2. The minimum absolute atomic E-state index is 0.108. The maximum atomic E-state index is 11.7. The molecule has 0 amide bonds. The Hall–Kier alpha value is -0.310. The molecule has 0 heterocycles.